The van der Waals surface area contributed by atoms with Crippen LogP contribution in [0.3, 0.4) is 0 Å². The average molecular weight is 637 g/mol. The molecule has 0 spiro atoms. The van der Waals surface area contributed by atoms with Gasteiger partial charge in [-0.2, -0.15) is 0 Å². The van der Waals surface area contributed by atoms with Crippen molar-refractivity contribution in [1.82, 2.24) is 15.2 Å². The Hall–Kier alpha value is -4.84. The van der Waals surface area contributed by atoms with Gasteiger partial charge in [-0.1, -0.05) is 42.5 Å². The third kappa shape index (κ3) is 10.7. The molecule has 0 radical (unpaired) electrons. The number of carbonyl (C=O) groups excluding carboxylic acids is 4. The molecule has 0 fully saturated rings. The summed E-state index contributed by atoms with van der Waals surface area (Å²) in [7, 11) is 1.56. The number of amides is 3. The number of hydrogen-bond acceptors (Lipinski definition) is 8. The van der Waals surface area contributed by atoms with Crippen LogP contribution < -0.4 is 20.7 Å². The molecule has 2 atom stereocenters. The van der Waals surface area contributed by atoms with Gasteiger partial charge >= 0.3 is 12.1 Å². The summed E-state index contributed by atoms with van der Waals surface area (Å²) in [5, 5.41) is 8.04. The monoisotopic (exact) mass is 636 g/mol. The first-order valence-corrected chi connectivity index (χ1v) is 14.9. The molecule has 0 aliphatic carbocycles. The number of nitrogens with one attached hydrogen (secondary N) is 3. The minimum Gasteiger partial charge on any atom is -0.497 e. The minimum atomic E-state index is -1.42. The summed E-state index contributed by atoms with van der Waals surface area (Å²) in [5.74, 6) is -1.02. The maximum Gasteiger partial charge on any atom is 0.408 e. The summed E-state index contributed by atoms with van der Waals surface area (Å²) >= 11 is 0. The van der Waals surface area contributed by atoms with Gasteiger partial charge in [0.25, 0.3) is 0 Å². The Labute approximate surface area is 269 Å². The van der Waals surface area contributed by atoms with E-state index in [2.05, 4.69) is 16.0 Å². The second kappa shape index (κ2) is 15.9. The van der Waals surface area contributed by atoms with Gasteiger partial charge in [0.05, 0.1) is 32.6 Å². The van der Waals surface area contributed by atoms with E-state index in [1.54, 1.807) is 82.1 Å². The number of nitrogens with zero attached hydrogens (tertiary/aromatic N) is 1. The van der Waals surface area contributed by atoms with Crippen molar-refractivity contribution in [3.8, 4) is 5.75 Å². The molecule has 1 heterocycles. The number of methoxy groups -OCH3 is 1. The Bertz CT molecular complexity index is 1460. The van der Waals surface area contributed by atoms with Crippen LogP contribution in [0, 0.1) is 0 Å². The van der Waals surface area contributed by atoms with E-state index in [4.69, 9.17) is 18.9 Å². The lowest BCUT2D eigenvalue weighted by atomic mass is 10.0. The molecule has 0 saturated carbocycles. The molecule has 0 saturated heterocycles. The SMILES string of the molecule is CCOC(=O)C(c1ccc(OC)cc1)n1ccc(NC(=O)C(COCc2ccccc2)NC(=O)C(C)(C)NC(=O)OC(C)(C)C)c1. The lowest BCUT2D eigenvalue weighted by Crippen LogP contribution is -2.59. The summed E-state index contributed by atoms with van der Waals surface area (Å²) in [6.07, 6.45) is 2.47. The van der Waals surface area contributed by atoms with E-state index < -0.39 is 47.1 Å². The first-order chi connectivity index (χ1) is 21.7. The number of benzene rings is 2. The number of carbonyl (C=O) groups is 4. The van der Waals surface area contributed by atoms with E-state index in [0.717, 1.165) is 5.56 Å². The van der Waals surface area contributed by atoms with E-state index in [1.165, 1.54) is 13.8 Å². The van der Waals surface area contributed by atoms with Crippen molar-refractivity contribution in [2.24, 2.45) is 0 Å². The highest BCUT2D eigenvalue weighted by Crippen LogP contribution is 2.25. The first-order valence-electron chi connectivity index (χ1n) is 14.9. The number of ether oxygens (including phenoxy) is 4. The Kier molecular flexibility index (Phi) is 12.3. The van der Waals surface area contributed by atoms with Crippen molar-refractivity contribution in [1.29, 1.82) is 0 Å². The van der Waals surface area contributed by atoms with Gasteiger partial charge < -0.3 is 39.5 Å². The number of hydrogen-bond donors (Lipinski definition) is 3. The van der Waals surface area contributed by atoms with Gasteiger partial charge in [0.15, 0.2) is 6.04 Å². The van der Waals surface area contributed by atoms with E-state index in [-0.39, 0.29) is 19.8 Å². The van der Waals surface area contributed by atoms with Crippen LogP contribution in [0.25, 0.3) is 0 Å². The lowest BCUT2D eigenvalue weighted by Gasteiger charge is -2.29. The van der Waals surface area contributed by atoms with Crippen molar-refractivity contribution >= 4 is 29.6 Å². The van der Waals surface area contributed by atoms with Crippen molar-refractivity contribution < 1.29 is 38.1 Å². The van der Waals surface area contributed by atoms with Crippen molar-refractivity contribution in [2.75, 3.05) is 25.6 Å². The fourth-order valence-electron chi connectivity index (χ4n) is 4.32. The number of aromatic nitrogens is 1. The molecule has 3 amide bonds. The van der Waals surface area contributed by atoms with Gasteiger partial charge in [-0.05, 0) is 70.9 Å². The zero-order valence-corrected chi connectivity index (χ0v) is 27.4. The van der Waals surface area contributed by atoms with Crippen LogP contribution in [-0.4, -0.2) is 65.9 Å². The van der Waals surface area contributed by atoms with Gasteiger partial charge in [-0.3, -0.25) is 9.59 Å². The smallest absolute Gasteiger partial charge is 0.408 e. The highest BCUT2D eigenvalue weighted by atomic mass is 16.6. The first kappa shape index (κ1) is 35.6. The largest absolute Gasteiger partial charge is 0.497 e. The summed E-state index contributed by atoms with van der Waals surface area (Å²) < 4.78 is 23.3. The Morgan fingerprint density at radius 2 is 1.59 bits per heavy atom. The molecule has 12 nitrogen and oxygen atoms in total. The molecule has 0 bridgehead atoms. The van der Waals surface area contributed by atoms with Crippen LogP contribution in [0.1, 0.15) is 58.7 Å². The van der Waals surface area contributed by atoms with Gasteiger partial charge in [-0.15, -0.1) is 0 Å². The van der Waals surface area contributed by atoms with Crippen molar-refractivity contribution in [3.05, 3.63) is 84.2 Å². The second-order valence-electron chi connectivity index (χ2n) is 12.0. The number of alkyl carbamates (subject to hydrolysis) is 1. The molecular weight excluding hydrogens is 592 g/mol. The van der Waals surface area contributed by atoms with E-state index in [0.29, 0.717) is 17.0 Å². The molecule has 3 N–H and O–H groups in total. The molecule has 12 heteroatoms. The van der Waals surface area contributed by atoms with Gasteiger partial charge in [0.2, 0.25) is 11.8 Å². The molecule has 2 unspecified atom stereocenters. The molecule has 1 aromatic heterocycles. The molecular formula is C34H44N4O8. The number of anilines is 1. The van der Waals surface area contributed by atoms with E-state index in [1.807, 2.05) is 30.3 Å². The number of esters is 1. The molecule has 2 aromatic carbocycles. The van der Waals surface area contributed by atoms with Crippen LogP contribution in [-0.2, 0) is 35.2 Å². The van der Waals surface area contributed by atoms with Crippen LogP contribution in [0.2, 0.25) is 0 Å². The highest BCUT2D eigenvalue weighted by Gasteiger charge is 2.35. The second-order valence-corrected chi connectivity index (χ2v) is 12.0. The van der Waals surface area contributed by atoms with E-state index >= 15 is 0 Å². The fourth-order valence-corrected chi connectivity index (χ4v) is 4.32. The van der Waals surface area contributed by atoms with Crippen molar-refractivity contribution in [2.45, 2.75) is 71.4 Å². The van der Waals surface area contributed by atoms with Gasteiger partial charge in [-0.25, -0.2) is 9.59 Å². The van der Waals surface area contributed by atoms with Crippen LogP contribution >= 0.6 is 0 Å². The minimum absolute atomic E-state index is 0.160. The normalized spacial score (nSPS) is 12.8. The third-order valence-corrected chi connectivity index (χ3v) is 6.62. The van der Waals surface area contributed by atoms with Gasteiger partial charge in [0.1, 0.15) is 22.9 Å². The third-order valence-electron chi connectivity index (χ3n) is 6.62. The molecule has 3 rings (SSSR count). The Morgan fingerprint density at radius 1 is 0.913 bits per heavy atom. The van der Waals surface area contributed by atoms with Crippen LogP contribution in [0.5, 0.6) is 5.75 Å². The quantitative estimate of drug-likeness (QED) is 0.218. The van der Waals surface area contributed by atoms with Gasteiger partial charge in [0, 0.05) is 12.4 Å². The predicted molar refractivity (Wildman–Crippen MR) is 172 cm³/mol. The maximum atomic E-state index is 13.6. The lowest BCUT2D eigenvalue weighted by molar-refractivity contribution is -0.145. The summed E-state index contributed by atoms with van der Waals surface area (Å²) in [5.41, 5.74) is -0.261. The number of rotatable bonds is 14. The molecule has 3 aromatic rings. The zero-order valence-electron chi connectivity index (χ0n) is 27.4. The fraction of sp³-hybridized carbons (Fsp3) is 0.412. The molecule has 0 aliphatic heterocycles. The topological polar surface area (TPSA) is 146 Å². The standard InChI is InChI=1S/C34H44N4O8/c1-8-45-30(40)28(24-14-16-26(43-7)17-15-24)38-19-18-25(20-38)35-29(39)27(22-44-21-23-12-10-9-11-13-23)36-31(41)34(5,6)37-32(42)46-33(2,3)4/h9-20,27-28H,8,21-22H2,1-7H3,(H,35,39)(H,36,41)(H,37,42). The maximum absolute atomic E-state index is 13.6. The Morgan fingerprint density at radius 3 is 2.20 bits per heavy atom. The van der Waals surface area contributed by atoms with E-state index in [9.17, 15) is 19.2 Å². The Balaban J connectivity index is 1.79. The zero-order chi connectivity index (χ0) is 33.9. The summed E-state index contributed by atoms with van der Waals surface area (Å²) in [6, 6.07) is 16.1. The van der Waals surface area contributed by atoms with Crippen molar-refractivity contribution in [3.63, 3.8) is 0 Å². The molecule has 0 aliphatic rings. The summed E-state index contributed by atoms with van der Waals surface area (Å²) in [6.45, 7) is 10.1. The highest BCUT2D eigenvalue weighted by molar-refractivity contribution is 5.99. The average Bonchev–Trinajstić information content (AvgIpc) is 3.43. The molecule has 248 valence electrons. The van der Waals surface area contributed by atoms with Crippen LogP contribution in [0.15, 0.2) is 73.1 Å². The van der Waals surface area contributed by atoms with Crippen LogP contribution in [0.4, 0.5) is 10.5 Å². The molecule has 46 heavy (non-hydrogen) atoms. The predicted octanol–water partition coefficient (Wildman–Crippen LogP) is 4.59. The summed E-state index contributed by atoms with van der Waals surface area (Å²) in [4.78, 5) is 52.2.